The Morgan fingerprint density at radius 2 is 1.75 bits per heavy atom. The summed E-state index contributed by atoms with van der Waals surface area (Å²) in [5.41, 5.74) is 0. The summed E-state index contributed by atoms with van der Waals surface area (Å²) in [4.78, 5) is 2.55. The lowest BCUT2D eigenvalue weighted by Crippen LogP contribution is -2.57. The summed E-state index contributed by atoms with van der Waals surface area (Å²) in [6.07, 6.45) is 0. The van der Waals surface area contributed by atoms with Crippen LogP contribution in [0.2, 0.25) is 0 Å². The van der Waals surface area contributed by atoms with E-state index in [1.807, 2.05) is 0 Å². The molecule has 0 amide bonds. The topological polar surface area (TPSA) is 43.0 Å². The Hall–Kier alpha value is -0.200. The largest absolute Gasteiger partial charge is 0.382 e. The summed E-state index contributed by atoms with van der Waals surface area (Å²) in [7, 11) is 1.68. The molecule has 5 heteroatoms. The van der Waals surface area contributed by atoms with Crippen molar-refractivity contribution in [3.63, 3.8) is 0 Å². The van der Waals surface area contributed by atoms with Crippen molar-refractivity contribution in [3.05, 3.63) is 0 Å². The monoisotopic (exact) mass is 288 g/mol. The van der Waals surface area contributed by atoms with Crippen molar-refractivity contribution in [2.75, 3.05) is 59.8 Å². The molecule has 0 aromatic rings. The fourth-order valence-corrected chi connectivity index (χ4v) is 2.56. The molecule has 1 saturated heterocycles. The van der Waals surface area contributed by atoms with E-state index in [1.54, 1.807) is 7.11 Å². The Morgan fingerprint density at radius 3 is 2.40 bits per heavy atom. The molecule has 1 aliphatic rings. The van der Waals surface area contributed by atoms with Crippen molar-refractivity contribution in [1.29, 1.82) is 0 Å². The highest BCUT2D eigenvalue weighted by molar-refractivity contribution is 4.85. The van der Waals surface area contributed by atoms with Crippen LogP contribution in [0.3, 0.4) is 0 Å². The molecule has 0 aromatic carbocycles. The molecule has 5 nitrogen and oxygen atoms in total. The molecule has 0 aromatic heterocycles. The molecular weight excluding hydrogens is 256 g/mol. The van der Waals surface area contributed by atoms with Crippen molar-refractivity contribution >= 4 is 0 Å². The number of hydrogen-bond acceptors (Lipinski definition) is 5. The van der Waals surface area contributed by atoms with Gasteiger partial charge in [0, 0.05) is 38.8 Å². The van der Waals surface area contributed by atoms with E-state index in [0.29, 0.717) is 44.4 Å². The Balaban J connectivity index is 2.09. The van der Waals surface area contributed by atoms with Crippen LogP contribution >= 0.6 is 0 Å². The quantitative estimate of drug-likeness (QED) is 0.607. The average Bonchev–Trinajstić information content (AvgIpc) is 2.41. The van der Waals surface area contributed by atoms with E-state index in [1.165, 1.54) is 0 Å². The fraction of sp³-hybridized carbons (Fsp3) is 1.00. The molecule has 120 valence electrons. The third-order valence-corrected chi connectivity index (χ3v) is 3.75. The van der Waals surface area contributed by atoms with Crippen molar-refractivity contribution in [1.82, 2.24) is 10.2 Å². The van der Waals surface area contributed by atoms with E-state index in [4.69, 9.17) is 14.2 Å². The molecule has 2 unspecified atom stereocenters. The first-order valence-electron chi connectivity index (χ1n) is 7.77. The molecule has 1 N–H and O–H groups in total. The molecule has 1 heterocycles. The molecule has 1 aliphatic heterocycles. The lowest BCUT2D eigenvalue weighted by molar-refractivity contribution is 0.00951. The maximum Gasteiger partial charge on any atom is 0.0701 e. The summed E-state index contributed by atoms with van der Waals surface area (Å²) < 4.78 is 15.9. The first kappa shape index (κ1) is 17.9. The first-order valence-corrected chi connectivity index (χ1v) is 7.77. The van der Waals surface area contributed by atoms with Crippen LogP contribution in [0.25, 0.3) is 0 Å². The van der Waals surface area contributed by atoms with Gasteiger partial charge in [0.15, 0.2) is 0 Å². The first-order chi connectivity index (χ1) is 9.65. The van der Waals surface area contributed by atoms with Crippen LogP contribution in [0.15, 0.2) is 0 Å². The minimum atomic E-state index is 0.572. The minimum Gasteiger partial charge on any atom is -0.382 e. The normalized spacial score (nSPS) is 24.4. The molecule has 0 radical (unpaired) electrons. The molecule has 2 atom stereocenters. The zero-order valence-electron chi connectivity index (χ0n) is 13.6. The molecule has 1 fully saturated rings. The molecule has 0 saturated carbocycles. The second-order valence-electron chi connectivity index (χ2n) is 5.83. The van der Waals surface area contributed by atoms with E-state index in [0.717, 1.165) is 26.2 Å². The molecular formula is C15H32N2O3. The molecule has 0 spiro atoms. The third kappa shape index (κ3) is 6.99. The van der Waals surface area contributed by atoms with Crippen molar-refractivity contribution < 1.29 is 14.2 Å². The predicted octanol–water partition coefficient (Wildman–Crippen LogP) is 0.984. The number of nitrogens with one attached hydrogen (secondary N) is 1. The lowest BCUT2D eigenvalue weighted by Gasteiger charge is -2.41. The van der Waals surface area contributed by atoms with E-state index in [9.17, 15) is 0 Å². The number of piperazine rings is 1. The van der Waals surface area contributed by atoms with E-state index >= 15 is 0 Å². The van der Waals surface area contributed by atoms with Gasteiger partial charge in [-0.25, -0.2) is 0 Å². The second kappa shape index (κ2) is 10.5. The average molecular weight is 288 g/mol. The van der Waals surface area contributed by atoms with Crippen LogP contribution in [-0.2, 0) is 14.2 Å². The van der Waals surface area contributed by atoms with Gasteiger partial charge in [0.05, 0.1) is 33.0 Å². The predicted molar refractivity (Wildman–Crippen MR) is 81.2 cm³/mol. The van der Waals surface area contributed by atoms with Crippen LogP contribution in [0, 0.1) is 5.92 Å². The van der Waals surface area contributed by atoms with E-state index in [-0.39, 0.29) is 0 Å². The Kier molecular flexibility index (Phi) is 9.39. The summed E-state index contributed by atoms with van der Waals surface area (Å²) in [6, 6.07) is 1.19. The van der Waals surface area contributed by atoms with Gasteiger partial charge in [0.25, 0.3) is 0 Å². The van der Waals surface area contributed by atoms with Crippen LogP contribution < -0.4 is 5.32 Å². The van der Waals surface area contributed by atoms with Crippen LogP contribution in [0.4, 0.5) is 0 Å². The molecule has 20 heavy (non-hydrogen) atoms. The van der Waals surface area contributed by atoms with Gasteiger partial charge >= 0.3 is 0 Å². The van der Waals surface area contributed by atoms with Crippen LogP contribution in [-0.4, -0.2) is 76.8 Å². The molecule has 0 aliphatic carbocycles. The number of nitrogens with zero attached hydrogens (tertiary/aromatic N) is 1. The Morgan fingerprint density at radius 1 is 1.10 bits per heavy atom. The minimum absolute atomic E-state index is 0.572. The molecule has 0 bridgehead atoms. The van der Waals surface area contributed by atoms with Gasteiger partial charge in [-0.3, -0.25) is 4.90 Å². The zero-order valence-corrected chi connectivity index (χ0v) is 13.6. The van der Waals surface area contributed by atoms with Crippen LogP contribution in [0.5, 0.6) is 0 Å². The Labute approximate surface area is 123 Å². The lowest BCUT2D eigenvalue weighted by atomic mass is 9.99. The highest BCUT2D eigenvalue weighted by atomic mass is 16.5. The van der Waals surface area contributed by atoms with E-state index < -0.39 is 0 Å². The maximum atomic E-state index is 5.65. The smallest absolute Gasteiger partial charge is 0.0701 e. The standard InChI is InChI=1S/C15H32N2O3/c1-13(2)15-11-16-14(3)12-17(15)5-6-19-9-10-20-8-7-18-4/h13-16H,5-12H2,1-4H3. The second-order valence-corrected chi connectivity index (χ2v) is 5.83. The van der Waals surface area contributed by atoms with Gasteiger partial charge in [-0.2, -0.15) is 0 Å². The summed E-state index contributed by atoms with van der Waals surface area (Å²) in [5, 5.41) is 3.56. The van der Waals surface area contributed by atoms with Crippen LogP contribution in [0.1, 0.15) is 20.8 Å². The number of ether oxygens (including phenoxy) is 3. The number of methoxy groups -OCH3 is 1. The Bertz CT molecular complexity index is 239. The number of hydrogen-bond donors (Lipinski definition) is 1. The van der Waals surface area contributed by atoms with Crippen molar-refractivity contribution in [3.8, 4) is 0 Å². The van der Waals surface area contributed by atoms with Crippen molar-refractivity contribution in [2.45, 2.75) is 32.9 Å². The summed E-state index contributed by atoms with van der Waals surface area (Å²) >= 11 is 0. The highest BCUT2D eigenvalue weighted by Gasteiger charge is 2.27. The summed E-state index contributed by atoms with van der Waals surface area (Å²) in [5.74, 6) is 0.673. The zero-order chi connectivity index (χ0) is 14.8. The fourth-order valence-electron chi connectivity index (χ4n) is 2.56. The summed E-state index contributed by atoms with van der Waals surface area (Å²) in [6.45, 7) is 13.4. The third-order valence-electron chi connectivity index (χ3n) is 3.75. The highest BCUT2D eigenvalue weighted by Crippen LogP contribution is 2.14. The van der Waals surface area contributed by atoms with Crippen molar-refractivity contribution in [2.24, 2.45) is 5.92 Å². The number of rotatable bonds is 10. The van der Waals surface area contributed by atoms with Gasteiger partial charge in [-0.05, 0) is 12.8 Å². The van der Waals surface area contributed by atoms with Gasteiger partial charge in [0.1, 0.15) is 0 Å². The van der Waals surface area contributed by atoms with Gasteiger partial charge in [0.2, 0.25) is 0 Å². The SMILES string of the molecule is COCCOCCOCCN1CC(C)NCC1C(C)C. The van der Waals surface area contributed by atoms with E-state index in [2.05, 4.69) is 31.0 Å². The van der Waals surface area contributed by atoms with Gasteiger partial charge in [-0.1, -0.05) is 13.8 Å². The maximum absolute atomic E-state index is 5.65. The van der Waals surface area contributed by atoms with Gasteiger partial charge < -0.3 is 19.5 Å². The molecule has 1 rings (SSSR count). The van der Waals surface area contributed by atoms with Gasteiger partial charge in [-0.15, -0.1) is 0 Å².